The highest BCUT2D eigenvalue weighted by Crippen LogP contribution is 2.34. The molecule has 5 N–H and O–H groups in total. The lowest BCUT2D eigenvalue weighted by molar-refractivity contribution is 0.0962. The molecule has 0 aliphatic heterocycles. The highest BCUT2D eigenvalue weighted by Gasteiger charge is 2.17. The zero-order chi connectivity index (χ0) is 18.8. The molecule has 7 nitrogen and oxygen atoms in total. The molecular weight excluding hydrogens is 335 g/mol. The number of rotatable bonds is 3. The van der Waals surface area contributed by atoms with Gasteiger partial charge in [0.25, 0.3) is 5.91 Å². The van der Waals surface area contributed by atoms with E-state index in [0.29, 0.717) is 33.9 Å². The van der Waals surface area contributed by atoms with E-state index in [0.717, 1.165) is 6.07 Å². The van der Waals surface area contributed by atoms with Crippen LogP contribution in [0.3, 0.4) is 0 Å². The molecule has 0 spiro atoms. The highest BCUT2D eigenvalue weighted by atomic mass is 19.1. The first-order valence-corrected chi connectivity index (χ1v) is 7.78. The van der Waals surface area contributed by atoms with Gasteiger partial charge in [0.05, 0.1) is 11.4 Å². The minimum Gasteiger partial charge on any atom is -0.384 e. The molecule has 2 aromatic heterocycles. The summed E-state index contributed by atoms with van der Waals surface area (Å²) in [6.07, 6.45) is 1.58. The van der Waals surface area contributed by atoms with Gasteiger partial charge in [0.1, 0.15) is 11.6 Å². The maximum atomic E-state index is 14.1. The van der Waals surface area contributed by atoms with Crippen molar-refractivity contribution >= 4 is 17.7 Å². The van der Waals surface area contributed by atoms with Crippen molar-refractivity contribution in [1.82, 2.24) is 20.3 Å². The summed E-state index contributed by atoms with van der Waals surface area (Å²) < 4.78 is 14.1. The molecule has 3 aromatic rings. The van der Waals surface area contributed by atoms with Crippen LogP contribution in [-0.4, -0.2) is 27.9 Å². The minimum absolute atomic E-state index is 0.0513. The number of carbonyl (C=O) groups excluding carboxylic acids is 1. The molecule has 0 fully saturated rings. The van der Waals surface area contributed by atoms with E-state index < -0.39 is 11.7 Å². The van der Waals surface area contributed by atoms with Crippen LogP contribution in [0.25, 0.3) is 22.4 Å². The summed E-state index contributed by atoms with van der Waals surface area (Å²) in [5.41, 5.74) is 14.4. The smallest absolute Gasteiger partial charge is 0.251 e. The van der Waals surface area contributed by atoms with Crippen molar-refractivity contribution in [3.63, 3.8) is 0 Å². The summed E-state index contributed by atoms with van der Waals surface area (Å²) in [6, 6.07) is 7.42. The Morgan fingerprint density at radius 2 is 1.88 bits per heavy atom. The second-order valence-corrected chi connectivity index (χ2v) is 5.67. The Balaban J connectivity index is 2.27. The number of hydrogen-bond acceptors (Lipinski definition) is 6. The topological polar surface area (TPSA) is 120 Å². The molecule has 2 heterocycles. The van der Waals surface area contributed by atoms with Crippen molar-refractivity contribution in [2.75, 3.05) is 18.5 Å². The van der Waals surface area contributed by atoms with Gasteiger partial charge in [-0.2, -0.15) is 0 Å². The molecular formula is C18H17FN6O. The van der Waals surface area contributed by atoms with E-state index in [1.165, 1.54) is 13.1 Å². The Kier molecular flexibility index (Phi) is 4.49. The van der Waals surface area contributed by atoms with Crippen LogP contribution >= 0.6 is 0 Å². The number of nitrogens with two attached hydrogens (primary N) is 2. The predicted octanol–water partition coefficient (Wildman–Crippen LogP) is 2.18. The molecule has 1 amide bonds. The number of nitrogens with zero attached hydrogens (tertiary/aromatic N) is 3. The minimum atomic E-state index is -0.558. The van der Waals surface area contributed by atoms with Crippen LogP contribution in [-0.2, 0) is 0 Å². The molecule has 0 aliphatic carbocycles. The van der Waals surface area contributed by atoms with Crippen molar-refractivity contribution in [3.8, 4) is 22.4 Å². The number of nitrogen functional groups attached to an aromatic ring is 2. The number of halogens is 1. The Hall–Kier alpha value is -3.55. The zero-order valence-electron chi connectivity index (χ0n) is 14.2. The van der Waals surface area contributed by atoms with Gasteiger partial charge in [-0.05, 0) is 37.3 Å². The van der Waals surface area contributed by atoms with E-state index in [1.807, 2.05) is 0 Å². The first-order chi connectivity index (χ1) is 12.4. The highest BCUT2D eigenvalue weighted by molar-refractivity contribution is 5.96. The Morgan fingerprint density at radius 3 is 2.54 bits per heavy atom. The Bertz CT molecular complexity index is 988. The fourth-order valence-corrected chi connectivity index (χ4v) is 2.70. The molecule has 8 heteroatoms. The average molecular weight is 352 g/mol. The summed E-state index contributed by atoms with van der Waals surface area (Å²) in [6.45, 7) is 1.77. The Labute approximate surface area is 149 Å². The lowest BCUT2D eigenvalue weighted by Crippen LogP contribution is -2.18. The van der Waals surface area contributed by atoms with E-state index in [1.54, 1.807) is 31.3 Å². The number of aryl methyl sites for hydroxylation is 1. The van der Waals surface area contributed by atoms with E-state index in [4.69, 9.17) is 11.5 Å². The lowest BCUT2D eigenvalue weighted by atomic mass is 9.97. The second-order valence-electron chi connectivity index (χ2n) is 5.67. The summed E-state index contributed by atoms with van der Waals surface area (Å²) in [5.74, 6) is -0.537. The van der Waals surface area contributed by atoms with E-state index in [9.17, 15) is 9.18 Å². The van der Waals surface area contributed by atoms with Crippen LogP contribution in [0.15, 0.2) is 36.5 Å². The molecule has 0 saturated heterocycles. The van der Waals surface area contributed by atoms with Gasteiger partial charge in [-0.1, -0.05) is 0 Å². The van der Waals surface area contributed by atoms with E-state index in [-0.39, 0.29) is 11.5 Å². The number of pyridine rings is 1. The number of carbonyl (C=O) groups is 1. The number of amides is 1. The van der Waals surface area contributed by atoms with Crippen molar-refractivity contribution < 1.29 is 9.18 Å². The van der Waals surface area contributed by atoms with Crippen LogP contribution in [0.4, 0.5) is 16.2 Å². The fourth-order valence-electron chi connectivity index (χ4n) is 2.70. The summed E-state index contributed by atoms with van der Waals surface area (Å²) >= 11 is 0. The van der Waals surface area contributed by atoms with Crippen LogP contribution in [0.5, 0.6) is 0 Å². The second kappa shape index (κ2) is 6.75. The van der Waals surface area contributed by atoms with Gasteiger partial charge in [0, 0.05) is 35.5 Å². The van der Waals surface area contributed by atoms with Crippen LogP contribution in [0.2, 0.25) is 0 Å². The number of hydrogen-bond donors (Lipinski definition) is 3. The van der Waals surface area contributed by atoms with Crippen LogP contribution in [0.1, 0.15) is 16.1 Å². The van der Waals surface area contributed by atoms with Gasteiger partial charge in [-0.25, -0.2) is 19.3 Å². The van der Waals surface area contributed by atoms with Crippen molar-refractivity contribution in [1.29, 1.82) is 0 Å². The molecule has 0 aliphatic rings. The van der Waals surface area contributed by atoms with Gasteiger partial charge in [0.15, 0.2) is 0 Å². The Morgan fingerprint density at radius 1 is 1.12 bits per heavy atom. The standard InChI is InChI=1S/C18H17FN6O/c1-9-15(10-3-4-14(20)23-8-10)16(25-18(21)24-9)11-5-12(17(26)22-2)7-13(19)6-11/h3-8H,1-2H3,(H2,20,23)(H,22,26)(H2,21,24,25). The molecule has 0 atom stereocenters. The fraction of sp³-hybridized carbons (Fsp3) is 0.111. The van der Waals surface area contributed by atoms with Gasteiger partial charge in [-0.3, -0.25) is 4.79 Å². The normalized spacial score (nSPS) is 10.6. The molecule has 3 rings (SSSR count). The van der Waals surface area contributed by atoms with E-state index >= 15 is 0 Å². The summed E-state index contributed by atoms with van der Waals surface area (Å²) in [5, 5.41) is 2.48. The third-order valence-corrected chi connectivity index (χ3v) is 3.84. The van der Waals surface area contributed by atoms with Gasteiger partial charge >= 0.3 is 0 Å². The summed E-state index contributed by atoms with van der Waals surface area (Å²) in [4.78, 5) is 24.5. The number of aromatic nitrogens is 3. The molecule has 0 radical (unpaired) electrons. The molecule has 1 aromatic carbocycles. The largest absolute Gasteiger partial charge is 0.384 e. The summed E-state index contributed by atoms with van der Waals surface area (Å²) in [7, 11) is 1.48. The molecule has 0 unspecified atom stereocenters. The number of benzene rings is 1. The maximum Gasteiger partial charge on any atom is 0.251 e. The third-order valence-electron chi connectivity index (χ3n) is 3.84. The van der Waals surface area contributed by atoms with Crippen molar-refractivity contribution in [2.45, 2.75) is 6.92 Å². The van der Waals surface area contributed by atoms with Gasteiger partial charge < -0.3 is 16.8 Å². The molecule has 26 heavy (non-hydrogen) atoms. The van der Waals surface area contributed by atoms with Crippen molar-refractivity contribution in [3.05, 3.63) is 53.6 Å². The molecule has 0 saturated carbocycles. The maximum absolute atomic E-state index is 14.1. The first-order valence-electron chi connectivity index (χ1n) is 7.78. The number of anilines is 2. The van der Waals surface area contributed by atoms with Crippen molar-refractivity contribution in [2.24, 2.45) is 0 Å². The average Bonchev–Trinajstić information content (AvgIpc) is 2.61. The lowest BCUT2D eigenvalue weighted by Gasteiger charge is -2.13. The monoisotopic (exact) mass is 352 g/mol. The molecule has 0 bridgehead atoms. The third kappa shape index (κ3) is 3.30. The first kappa shape index (κ1) is 17.3. The van der Waals surface area contributed by atoms with Gasteiger partial charge in [-0.15, -0.1) is 0 Å². The number of nitrogens with one attached hydrogen (secondary N) is 1. The van der Waals surface area contributed by atoms with Crippen LogP contribution in [0, 0.1) is 12.7 Å². The van der Waals surface area contributed by atoms with Gasteiger partial charge in [0.2, 0.25) is 5.95 Å². The van der Waals surface area contributed by atoms with Crippen LogP contribution < -0.4 is 16.8 Å². The SMILES string of the molecule is CNC(=O)c1cc(F)cc(-c2nc(N)nc(C)c2-c2ccc(N)nc2)c1. The van der Waals surface area contributed by atoms with E-state index in [2.05, 4.69) is 20.3 Å². The zero-order valence-corrected chi connectivity index (χ0v) is 14.2. The molecule has 132 valence electrons. The quantitative estimate of drug-likeness (QED) is 0.664. The predicted molar refractivity (Wildman–Crippen MR) is 97.6 cm³/mol.